The second-order valence-corrected chi connectivity index (χ2v) is 8.06. The molecule has 4 aromatic rings. The van der Waals surface area contributed by atoms with Crippen LogP contribution in [0, 0.1) is 0 Å². The molecular weight excluding hydrogens is 436 g/mol. The summed E-state index contributed by atoms with van der Waals surface area (Å²) in [4.78, 5) is 4.94. The average molecular weight is 458 g/mol. The second-order valence-electron chi connectivity index (χ2n) is 7.15. The lowest BCUT2D eigenvalue weighted by atomic mass is 10.1. The minimum atomic E-state index is 0. The molecule has 1 fully saturated rings. The van der Waals surface area contributed by atoms with E-state index in [9.17, 15) is 0 Å². The zero-order valence-electron chi connectivity index (χ0n) is 15.4. The molecule has 0 bridgehead atoms. The maximum Gasteiger partial charge on any atom is 0.136 e. The normalized spacial score (nSPS) is 16.4. The Hall–Kier alpha value is -2.08. The molecule has 0 aliphatic carbocycles. The predicted octanol–water partition coefficient (Wildman–Crippen LogP) is 5.20. The lowest BCUT2D eigenvalue weighted by Gasteiger charge is -2.15. The fourth-order valence-corrected chi connectivity index (χ4v) is 4.41. The Morgan fingerprint density at radius 3 is 2.82 bits per heavy atom. The lowest BCUT2D eigenvalue weighted by Crippen LogP contribution is -2.22. The van der Waals surface area contributed by atoms with Crippen LogP contribution >= 0.6 is 28.3 Å². The van der Waals surface area contributed by atoms with Crippen molar-refractivity contribution in [3.05, 3.63) is 70.8 Å². The summed E-state index contributed by atoms with van der Waals surface area (Å²) in [6.07, 6.45) is 3.31. The summed E-state index contributed by atoms with van der Waals surface area (Å²) >= 11 is 3.58. The van der Waals surface area contributed by atoms with Crippen molar-refractivity contribution < 1.29 is 0 Å². The Morgan fingerprint density at radius 1 is 1.11 bits per heavy atom. The smallest absolute Gasteiger partial charge is 0.136 e. The molecule has 1 atom stereocenters. The van der Waals surface area contributed by atoms with E-state index in [-0.39, 0.29) is 12.4 Å². The molecule has 0 amide bonds. The SMILES string of the molecule is Brc1cccc(Cn2ccc3c(N[C@H]4CCNC4)nc4ccccc4c32)c1.Cl. The van der Waals surface area contributed by atoms with Crippen molar-refractivity contribution in [2.75, 3.05) is 18.4 Å². The van der Waals surface area contributed by atoms with Crippen LogP contribution in [-0.2, 0) is 6.54 Å². The molecule has 2 aromatic heterocycles. The predicted molar refractivity (Wildman–Crippen MR) is 123 cm³/mol. The molecular formula is C22H22BrClN4. The highest BCUT2D eigenvalue weighted by Gasteiger charge is 2.18. The van der Waals surface area contributed by atoms with Gasteiger partial charge in [0, 0.05) is 40.6 Å². The van der Waals surface area contributed by atoms with E-state index in [4.69, 9.17) is 4.98 Å². The molecule has 3 heterocycles. The maximum atomic E-state index is 4.94. The summed E-state index contributed by atoms with van der Waals surface area (Å²) in [6.45, 7) is 2.90. The van der Waals surface area contributed by atoms with E-state index in [0.29, 0.717) is 6.04 Å². The average Bonchev–Trinajstić information content (AvgIpc) is 3.32. The van der Waals surface area contributed by atoms with E-state index in [1.54, 1.807) is 0 Å². The van der Waals surface area contributed by atoms with E-state index in [0.717, 1.165) is 41.9 Å². The highest BCUT2D eigenvalue weighted by atomic mass is 79.9. The molecule has 0 spiro atoms. The number of para-hydroxylation sites is 1. The van der Waals surface area contributed by atoms with Gasteiger partial charge >= 0.3 is 0 Å². The number of hydrogen-bond acceptors (Lipinski definition) is 3. The second kappa shape index (κ2) is 8.11. The van der Waals surface area contributed by atoms with Gasteiger partial charge in [-0.25, -0.2) is 4.98 Å². The van der Waals surface area contributed by atoms with Gasteiger partial charge in [0.15, 0.2) is 0 Å². The van der Waals surface area contributed by atoms with Crippen LogP contribution in [0.1, 0.15) is 12.0 Å². The van der Waals surface area contributed by atoms with Gasteiger partial charge in [0.2, 0.25) is 0 Å². The van der Waals surface area contributed by atoms with Gasteiger partial charge in [-0.2, -0.15) is 0 Å². The van der Waals surface area contributed by atoms with Gasteiger partial charge in [0.25, 0.3) is 0 Å². The van der Waals surface area contributed by atoms with Gasteiger partial charge < -0.3 is 15.2 Å². The van der Waals surface area contributed by atoms with E-state index < -0.39 is 0 Å². The van der Waals surface area contributed by atoms with E-state index in [1.807, 2.05) is 0 Å². The standard InChI is InChI=1S/C22H21BrN4.ClH/c23-16-5-3-4-15(12-16)14-27-11-9-19-21(27)18-6-1-2-7-20(18)26-22(19)25-17-8-10-24-13-17;/h1-7,9,11-12,17,24H,8,10,13-14H2,(H,25,26);1H/t17-;/m0./s1. The van der Waals surface area contributed by atoms with Gasteiger partial charge in [0.1, 0.15) is 5.82 Å². The minimum absolute atomic E-state index is 0. The van der Waals surface area contributed by atoms with Crippen LogP contribution in [0.15, 0.2) is 65.3 Å². The van der Waals surface area contributed by atoms with Crippen LogP contribution in [0.5, 0.6) is 0 Å². The monoisotopic (exact) mass is 456 g/mol. The first kappa shape index (κ1) is 19.2. The Kier molecular flexibility index (Phi) is 5.58. The van der Waals surface area contributed by atoms with Crippen molar-refractivity contribution in [1.29, 1.82) is 0 Å². The quantitative estimate of drug-likeness (QED) is 0.443. The Balaban J connectivity index is 0.00000192. The minimum Gasteiger partial charge on any atom is -0.365 e. The Morgan fingerprint density at radius 2 is 2.00 bits per heavy atom. The number of nitrogens with zero attached hydrogens (tertiary/aromatic N) is 2. The van der Waals surface area contributed by atoms with Crippen molar-refractivity contribution in [2.45, 2.75) is 19.0 Å². The van der Waals surface area contributed by atoms with Crippen molar-refractivity contribution in [3.63, 3.8) is 0 Å². The zero-order valence-corrected chi connectivity index (χ0v) is 17.8. The molecule has 5 rings (SSSR count). The first-order chi connectivity index (χ1) is 13.3. The van der Waals surface area contributed by atoms with Gasteiger partial charge in [-0.3, -0.25) is 0 Å². The summed E-state index contributed by atoms with van der Waals surface area (Å²) in [7, 11) is 0. The highest BCUT2D eigenvalue weighted by Crippen LogP contribution is 2.31. The summed E-state index contributed by atoms with van der Waals surface area (Å²) in [5, 5.41) is 9.48. The van der Waals surface area contributed by atoms with Crippen molar-refractivity contribution >= 4 is 56.0 Å². The zero-order chi connectivity index (χ0) is 18.2. The molecule has 1 aliphatic heterocycles. The Bertz CT molecular complexity index is 1120. The van der Waals surface area contributed by atoms with Crippen molar-refractivity contribution in [1.82, 2.24) is 14.9 Å². The van der Waals surface area contributed by atoms with Gasteiger partial charge in [-0.15, -0.1) is 12.4 Å². The van der Waals surface area contributed by atoms with E-state index in [1.165, 1.54) is 21.9 Å². The third-order valence-electron chi connectivity index (χ3n) is 5.25. The fourth-order valence-electron chi connectivity index (χ4n) is 3.96. The van der Waals surface area contributed by atoms with E-state index in [2.05, 4.69) is 91.9 Å². The molecule has 28 heavy (non-hydrogen) atoms. The first-order valence-electron chi connectivity index (χ1n) is 9.37. The maximum absolute atomic E-state index is 4.94. The van der Waals surface area contributed by atoms with Crippen molar-refractivity contribution in [2.24, 2.45) is 0 Å². The molecule has 4 nitrogen and oxygen atoms in total. The molecule has 0 saturated carbocycles. The molecule has 0 radical (unpaired) electrons. The highest BCUT2D eigenvalue weighted by molar-refractivity contribution is 9.10. The number of hydrogen-bond donors (Lipinski definition) is 2. The third-order valence-corrected chi connectivity index (χ3v) is 5.75. The molecule has 1 saturated heterocycles. The van der Waals surface area contributed by atoms with Crippen LogP contribution in [0.3, 0.4) is 0 Å². The molecule has 144 valence electrons. The number of pyridine rings is 1. The van der Waals surface area contributed by atoms with Crippen LogP contribution < -0.4 is 10.6 Å². The number of aromatic nitrogens is 2. The molecule has 6 heteroatoms. The summed E-state index contributed by atoms with van der Waals surface area (Å²) < 4.78 is 3.44. The van der Waals surface area contributed by atoms with Gasteiger partial charge in [0.05, 0.1) is 11.0 Å². The largest absolute Gasteiger partial charge is 0.365 e. The topological polar surface area (TPSA) is 41.9 Å². The molecule has 0 unspecified atom stereocenters. The van der Waals surface area contributed by atoms with Gasteiger partial charge in [-0.1, -0.05) is 46.3 Å². The number of anilines is 1. The van der Waals surface area contributed by atoms with Crippen molar-refractivity contribution in [3.8, 4) is 0 Å². The van der Waals surface area contributed by atoms with Crippen LogP contribution in [0.2, 0.25) is 0 Å². The van der Waals surface area contributed by atoms with Crippen LogP contribution in [0.4, 0.5) is 5.82 Å². The number of fused-ring (bicyclic) bond motifs is 3. The lowest BCUT2D eigenvalue weighted by molar-refractivity contribution is 0.790. The molecule has 1 aliphatic rings. The Labute approximate surface area is 178 Å². The molecule has 2 N–H and O–H groups in total. The van der Waals surface area contributed by atoms with Crippen LogP contribution in [0.25, 0.3) is 21.8 Å². The number of rotatable bonds is 4. The fraction of sp³-hybridized carbons (Fsp3) is 0.227. The number of nitrogens with one attached hydrogen (secondary N) is 2. The first-order valence-corrected chi connectivity index (χ1v) is 10.2. The van der Waals surface area contributed by atoms with Crippen LogP contribution in [-0.4, -0.2) is 28.7 Å². The number of benzene rings is 2. The van der Waals surface area contributed by atoms with E-state index >= 15 is 0 Å². The third kappa shape index (κ3) is 3.62. The van der Waals surface area contributed by atoms with Gasteiger partial charge in [-0.05, 0) is 42.8 Å². The summed E-state index contributed by atoms with van der Waals surface area (Å²) in [6, 6.07) is 19.6. The summed E-state index contributed by atoms with van der Waals surface area (Å²) in [5.74, 6) is 0.991. The molecule has 2 aromatic carbocycles. The number of halogens is 2. The summed E-state index contributed by atoms with van der Waals surface area (Å²) in [5.41, 5.74) is 3.55.